The predicted molar refractivity (Wildman–Crippen MR) is 127 cm³/mol. The lowest BCUT2D eigenvalue weighted by Gasteiger charge is -2.33. The van der Waals surface area contributed by atoms with E-state index >= 15 is 0 Å². The highest BCUT2D eigenvalue weighted by Gasteiger charge is 2.51. The van der Waals surface area contributed by atoms with Crippen LogP contribution in [0.4, 0.5) is 5.69 Å². The summed E-state index contributed by atoms with van der Waals surface area (Å²) in [5, 5.41) is 0. The summed E-state index contributed by atoms with van der Waals surface area (Å²) < 4.78 is 18.4. The first-order valence-electron chi connectivity index (χ1n) is 11.4. The average molecular weight is 436 g/mol. The standard InChI is InChI=1S/C25H33BN2O4/c1-24(2)25(3,4)32-26(31-24)20-9-5-18(6-10-20)17-30-22-13-15-28(16-14-22)21-11-7-19(8-12-21)23(27)29/h5-12,22H,13-17H2,1-4H3,(H2,27,29). The first-order valence-corrected chi connectivity index (χ1v) is 11.4. The Kier molecular flexibility index (Phi) is 6.34. The number of anilines is 1. The molecule has 0 unspecified atom stereocenters. The van der Waals surface area contributed by atoms with E-state index in [0.717, 1.165) is 42.6 Å². The Morgan fingerprint density at radius 1 is 1.00 bits per heavy atom. The number of hydrogen-bond acceptors (Lipinski definition) is 5. The molecule has 170 valence electrons. The maximum absolute atomic E-state index is 11.2. The number of amides is 1. The molecule has 2 fully saturated rings. The van der Waals surface area contributed by atoms with E-state index < -0.39 is 5.91 Å². The van der Waals surface area contributed by atoms with Crippen LogP contribution in [0.25, 0.3) is 0 Å². The lowest BCUT2D eigenvalue weighted by atomic mass is 9.79. The van der Waals surface area contributed by atoms with Crippen molar-refractivity contribution in [1.82, 2.24) is 0 Å². The molecule has 2 saturated heterocycles. The SMILES string of the molecule is CC1(C)OB(c2ccc(COC3CCN(c4ccc(C(N)=O)cc4)CC3)cc2)OC1(C)C. The Bertz CT molecular complexity index is 919. The van der Waals surface area contributed by atoms with Gasteiger partial charge in [-0.15, -0.1) is 0 Å². The lowest BCUT2D eigenvalue weighted by Crippen LogP contribution is -2.41. The van der Waals surface area contributed by atoms with E-state index in [9.17, 15) is 4.79 Å². The molecule has 0 atom stereocenters. The molecule has 2 aromatic rings. The van der Waals surface area contributed by atoms with Crippen LogP contribution in [-0.4, -0.2) is 43.4 Å². The quantitative estimate of drug-likeness (QED) is 0.704. The molecule has 2 N–H and O–H groups in total. The Morgan fingerprint density at radius 3 is 2.09 bits per heavy atom. The third-order valence-electron chi connectivity index (χ3n) is 6.95. The van der Waals surface area contributed by atoms with E-state index in [4.69, 9.17) is 19.8 Å². The van der Waals surface area contributed by atoms with E-state index in [0.29, 0.717) is 12.2 Å². The van der Waals surface area contributed by atoms with Crippen molar-refractivity contribution in [2.75, 3.05) is 18.0 Å². The van der Waals surface area contributed by atoms with E-state index in [1.165, 1.54) is 0 Å². The summed E-state index contributed by atoms with van der Waals surface area (Å²) in [5.41, 5.74) is 8.49. The van der Waals surface area contributed by atoms with E-state index in [2.05, 4.69) is 56.9 Å². The highest BCUT2D eigenvalue weighted by atomic mass is 16.7. The fourth-order valence-corrected chi connectivity index (χ4v) is 4.08. The molecule has 2 aliphatic heterocycles. The van der Waals surface area contributed by atoms with Gasteiger partial charge in [0.05, 0.1) is 23.9 Å². The van der Waals surface area contributed by atoms with Gasteiger partial charge in [-0.05, 0) is 75.8 Å². The van der Waals surface area contributed by atoms with Gasteiger partial charge >= 0.3 is 7.12 Å². The molecule has 32 heavy (non-hydrogen) atoms. The minimum atomic E-state index is -0.396. The molecule has 1 amide bonds. The second-order valence-electron chi connectivity index (χ2n) is 9.74. The van der Waals surface area contributed by atoms with Gasteiger partial charge in [0, 0.05) is 24.3 Å². The zero-order valence-electron chi connectivity index (χ0n) is 19.5. The van der Waals surface area contributed by atoms with Crippen molar-refractivity contribution in [3.63, 3.8) is 0 Å². The van der Waals surface area contributed by atoms with E-state index in [1.54, 1.807) is 12.1 Å². The third kappa shape index (κ3) is 4.85. The minimum Gasteiger partial charge on any atom is -0.399 e. The third-order valence-corrected chi connectivity index (χ3v) is 6.95. The molecule has 2 heterocycles. The summed E-state index contributed by atoms with van der Waals surface area (Å²) in [6.07, 6.45) is 2.20. The van der Waals surface area contributed by atoms with E-state index in [1.807, 2.05) is 12.1 Å². The largest absolute Gasteiger partial charge is 0.494 e. The van der Waals surface area contributed by atoms with Gasteiger partial charge in [0.25, 0.3) is 0 Å². The summed E-state index contributed by atoms with van der Waals surface area (Å²) >= 11 is 0. The van der Waals surface area contributed by atoms with Gasteiger partial charge < -0.3 is 24.7 Å². The molecule has 2 aromatic carbocycles. The van der Waals surface area contributed by atoms with Gasteiger partial charge in [-0.25, -0.2) is 0 Å². The van der Waals surface area contributed by atoms with Crippen molar-refractivity contribution in [3.8, 4) is 0 Å². The van der Waals surface area contributed by atoms with Crippen molar-refractivity contribution < 1.29 is 18.8 Å². The average Bonchev–Trinajstić information content (AvgIpc) is 3.00. The molecule has 0 spiro atoms. The molecule has 6 nitrogen and oxygen atoms in total. The van der Waals surface area contributed by atoms with Gasteiger partial charge in [0.15, 0.2) is 0 Å². The smallest absolute Gasteiger partial charge is 0.399 e. The zero-order valence-corrected chi connectivity index (χ0v) is 19.5. The first kappa shape index (κ1) is 22.8. The van der Waals surface area contributed by atoms with Crippen LogP contribution < -0.4 is 16.1 Å². The number of nitrogens with two attached hydrogens (primary N) is 1. The first-order chi connectivity index (χ1) is 15.1. The number of carbonyl (C=O) groups excluding carboxylic acids is 1. The molecular weight excluding hydrogens is 403 g/mol. The van der Waals surface area contributed by atoms with Gasteiger partial charge in [0.1, 0.15) is 0 Å². The maximum atomic E-state index is 11.2. The minimum absolute atomic E-state index is 0.249. The van der Waals surface area contributed by atoms with Crippen LogP contribution in [0.1, 0.15) is 56.5 Å². The van der Waals surface area contributed by atoms with Crippen LogP contribution in [0.3, 0.4) is 0 Å². The van der Waals surface area contributed by atoms with Gasteiger partial charge in [-0.2, -0.15) is 0 Å². The Hall–Kier alpha value is -2.35. The van der Waals surface area contributed by atoms with Crippen molar-refractivity contribution in [1.29, 1.82) is 0 Å². The van der Waals surface area contributed by atoms with Gasteiger partial charge in [0.2, 0.25) is 5.91 Å². The molecule has 0 radical (unpaired) electrons. The summed E-state index contributed by atoms with van der Waals surface area (Å²) in [6, 6.07) is 15.8. The number of piperidine rings is 1. The molecule has 4 rings (SSSR count). The summed E-state index contributed by atoms with van der Waals surface area (Å²) in [4.78, 5) is 13.6. The van der Waals surface area contributed by atoms with Crippen LogP contribution in [0, 0.1) is 0 Å². The van der Waals surface area contributed by atoms with Gasteiger partial charge in [-0.3, -0.25) is 4.79 Å². The van der Waals surface area contributed by atoms with E-state index in [-0.39, 0.29) is 24.4 Å². The monoisotopic (exact) mass is 436 g/mol. The summed E-state index contributed by atoms with van der Waals surface area (Å²) in [6.45, 7) is 10.7. The molecular formula is C25H33BN2O4. The molecule has 0 saturated carbocycles. The molecule has 0 bridgehead atoms. The molecule has 0 aromatic heterocycles. The Morgan fingerprint density at radius 2 is 1.56 bits per heavy atom. The number of nitrogens with zero attached hydrogens (tertiary/aromatic N) is 1. The second-order valence-corrected chi connectivity index (χ2v) is 9.74. The van der Waals surface area contributed by atoms with Crippen molar-refractivity contribution in [2.45, 2.75) is 64.4 Å². The number of benzene rings is 2. The van der Waals surface area contributed by atoms with Crippen LogP contribution in [-0.2, 0) is 20.7 Å². The number of carbonyl (C=O) groups is 1. The second kappa shape index (κ2) is 8.89. The Labute approximate surface area is 191 Å². The molecule has 7 heteroatoms. The normalized spacial score (nSPS) is 20.5. The molecule has 0 aliphatic carbocycles. The topological polar surface area (TPSA) is 74.0 Å². The van der Waals surface area contributed by atoms with Crippen LogP contribution in [0.2, 0.25) is 0 Å². The fourth-order valence-electron chi connectivity index (χ4n) is 4.08. The number of ether oxygens (including phenoxy) is 1. The van der Waals surface area contributed by atoms with Crippen LogP contribution in [0.5, 0.6) is 0 Å². The summed E-state index contributed by atoms with van der Waals surface area (Å²) in [7, 11) is -0.337. The predicted octanol–water partition coefficient (Wildman–Crippen LogP) is 3.27. The number of hydrogen-bond donors (Lipinski definition) is 1. The zero-order chi connectivity index (χ0) is 22.9. The highest BCUT2D eigenvalue weighted by molar-refractivity contribution is 6.62. The van der Waals surface area contributed by atoms with Gasteiger partial charge in [-0.1, -0.05) is 24.3 Å². The van der Waals surface area contributed by atoms with Crippen molar-refractivity contribution in [2.24, 2.45) is 5.73 Å². The Balaban J connectivity index is 1.25. The summed E-state index contributed by atoms with van der Waals surface area (Å²) in [5.74, 6) is -0.396. The fraction of sp³-hybridized carbons (Fsp3) is 0.480. The number of primary amides is 1. The highest BCUT2D eigenvalue weighted by Crippen LogP contribution is 2.36. The van der Waals surface area contributed by atoms with Crippen molar-refractivity contribution in [3.05, 3.63) is 59.7 Å². The lowest BCUT2D eigenvalue weighted by molar-refractivity contribution is 0.00578. The van der Waals surface area contributed by atoms with Crippen LogP contribution in [0.15, 0.2) is 48.5 Å². The van der Waals surface area contributed by atoms with Crippen molar-refractivity contribution >= 4 is 24.2 Å². The number of rotatable bonds is 6. The maximum Gasteiger partial charge on any atom is 0.494 e. The molecule has 2 aliphatic rings. The van der Waals surface area contributed by atoms with Crippen LogP contribution >= 0.6 is 0 Å².